The van der Waals surface area contributed by atoms with Crippen LogP contribution in [0.1, 0.15) is 109 Å². The standard InChI is InChI=1S/C27H52O4/c1-21(2)19-26(11,30-24(7,8)15-17-28)13-14-27(12,20-22(3)4)31-25(9,10)16-18-29-23(5)6/h21-23,28H,15-20H2,1-12H3. The van der Waals surface area contributed by atoms with Gasteiger partial charge in [-0.15, -0.1) is 0 Å². The first-order chi connectivity index (χ1) is 13.9. The maximum absolute atomic E-state index is 9.43. The molecule has 0 rings (SSSR count). The SMILES string of the molecule is CC(C)CC(C)(C#CC(C)(CC(C)C)OC(C)(C)CCOC(C)C)OC(C)(C)CCO. The average molecular weight is 441 g/mol. The molecule has 0 spiro atoms. The second kappa shape index (κ2) is 12.6. The van der Waals surface area contributed by atoms with Gasteiger partial charge >= 0.3 is 0 Å². The summed E-state index contributed by atoms with van der Waals surface area (Å²) in [5.74, 6) is 7.85. The van der Waals surface area contributed by atoms with Crippen molar-refractivity contribution in [3.63, 3.8) is 0 Å². The van der Waals surface area contributed by atoms with Crippen molar-refractivity contribution in [1.29, 1.82) is 0 Å². The molecule has 0 aliphatic carbocycles. The third-order valence-electron chi connectivity index (χ3n) is 5.06. The molecule has 0 fully saturated rings. The Balaban J connectivity index is 5.80. The van der Waals surface area contributed by atoms with Crippen molar-refractivity contribution < 1.29 is 19.3 Å². The molecule has 4 nitrogen and oxygen atoms in total. The third kappa shape index (κ3) is 14.2. The minimum absolute atomic E-state index is 0.0962. The fourth-order valence-electron chi connectivity index (χ4n) is 4.19. The van der Waals surface area contributed by atoms with Crippen LogP contribution in [-0.2, 0) is 14.2 Å². The van der Waals surface area contributed by atoms with Gasteiger partial charge in [0.25, 0.3) is 0 Å². The number of aliphatic hydroxyl groups is 1. The van der Waals surface area contributed by atoms with Gasteiger partial charge in [-0.1, -0.05) is 39.5 Å². The van der Waals surface area contributed by atoms with Crippen LogP contribution in [0.4, 0.5) is 0 Å². The topological polar surface area (TPSA) is 47.9 Å². The van der Waals surface area contributed by atoms with Gasteiger partial charge in [0.05, 0.1) is 17.3 Å². The van der Waals surface area contributed by atoms with Gasteiger partial charge in [-0.05, 0) is 92.9 Å². The van der Waals surface area contributed by atoms with Crippen LogP contribution in [0.3, 0.4) is 0 Å². The number of hydrogen-bond donors (Lipinski definition) is 1. The van der Waals surface area contributed by atoms with E-state index in [1.54, 1.807) is 0 Å². The Labute approximate surface area is 193 Å². The molecule has 31 heavy (non-hydrogen) atoms. The largest absolute Gasteiger partial charge is 0.396 e. The molecule has 0 amide bonds. The predicted molar refractivity (Wildman–Crippen MR) is 131 cm³/mol. The first kappa shape index (κ1) is 30.4. The van der Waals surface area contributed by atoms with E-state index in [0.29, 0.717) is 24.9 Å². The van der Waals surface area contributed by atoms with Crippen molar-refractivity contribution in [2.75, 3.05) is 13.2 Å². The van der Waals surface area contributed by atoms with Crippen LogP contribution in [0.5, 0.6) is 0 Å². The molecule has 4 heteroatoms. The Morgan fingerprint density at radius 2 is 1.06 bits per heavy atom. The third-order valence-corrected chi connectivity index (χ3v) is 5.06. The van der Waals surface area contributed by atoms with Gasteiger partial charge in [0.15, 0.2) is 0 Å². The zero-order valence-electron chi connectivity index (χ0n) is 22.6. The predicted octanol–water partition coefficient (Wildman–Crippen LogP) is 6.39. The molecular formula is C27H52O4. The summed E-state index contributed by atoms with van der Waals surface area (Å²) >= 11 is 0. The van der Waals surface area contributed by atoms with Gasteiger partial charge in [-0.25, -0.2) is 0 Å². The summed E-state index contributed by atoms with van der Waals surface area (Å²) in [6.45, 7) is 26.1. The van der Waals surface area contributed by atoms with E-state index in [-0.39, 0.29) is 18.3 Å². The molecule has 0 radical (unpaired) electrons. The van der Waals surface area contributed by atoms with Crippen LogP contribution in [0.2, 0.25) is 0 Å². The van der Waals surface area contributed by atoms with E-state index in [9.17, 15) is 5.11 Å². The minimum atomic E-state index is -0.612. The first-order valence-electron chi connectivity index (χ1n) is 12.1. The van der Waals surface area contributed by atoms with Gasteiger partial charge < -0.3 is 19.3 Å². The fourth-order valence-corrected chi connectivity index (χ4v) is 4.19. The molecule has 0 heterocycles. The van der Waals surface area contributed by atoms with Crippen molar-refractivity contribution in [1.82, 2.24) is 0 Å². The van der Waals surface area contributed by atoms with Crippen LogP contribution >= 0.6 is 0 Å². The fraction of sp³-hybridized carbons (Fsp3) is 0.926. The first-order valence-corrected chi connectivity index (χ1v) is 12.1. The Kier molecular flexibility index (Phi) is 12.3. The van der Waals surface area contributed by atoms with E-state index >= 15 is 0 Å². The lowest BCUT2D eigenvalue weighted by molar-refractivity contribution is -0.126. The molecule has 184 valence electrons. The molecular weight excluding hydrogens is 388 g/mol. The average Bonchev–Trinajstić information content (AvgIpc) is 2.49. The molecule has 0 saturated carbocycles. The lowest BCUT2D eigenvalue weighted by Gasteiger charge is -2.38. The van der Waals surface area contributed by atoms with Crippen molar-refractivity contribution in [2.24, 2.45) is 11.8 Å². The van der Waals surface area contributed by atoms with E-state index in [0.717, 1.165) is 19.3 Å². The number of hydrogen-bond acceptors (Lipinski definition) is 4. The number of rotatable bonds is 14. The Morgan fingerprint density at radius 1 is 0.677 bits per heavy atom. The lowest BCUT2D eigenvalue weighted by atomic mass is 9.89. The van der Waals surface area contributed by atoms with Gasteiger partial charge in [0.2, 0.25) is 0 Å². The second-order valence-corrected chi connectivity index (χ2v) is 11.8. The molecule has 0 aromatic carbocycles. The normalized spacial score (nSPS) is 16.9. The summed E-state index contributed by atoms with van der Waals surface area (Å²) in [7, 11) is 0. The van der Waals surface area contributed by atoms with Crippen LogP contribution in [-0.4, -0.2) is 46.8 Å². The molecule has 0 aromatic heterocycles. The van der Waals surface area contributed by atoms with Crippen molar-refractivity contribution in [3.8, 4) is 11.8 Å². The van der Waals surface area contributed by atoms with Crippen LogP contribution in [0.15, 0.2) is 0 Å². The zero-order valence-corrected chi connectivity index (χ0v) is 22.6. The van der Waals surface area contributed by atoms with Crippen molar-refractivity contribution in [3.05, 3.63) is 0 Å². The summed E-state index contributed by atoms with van der Waals surface area (Å²) in [5.41, 5.74) is -1.99. The van der Waals surface area contributed by atoms with Crippen LogP contribution < -0.4 is 0 Å². The highest BCUT2D eigenvalue weighted by Crippen LogP contribution is 2.32. The molecule has 0 aromatic rings. The summed E-state index contributed by atoms with van der Waals surface area (Å²) < 4.78 is 18.9. The van der Waals surface area contributed by atoms with Crippen molar-refractivity contribution >= 4 is 0 Å². The van der Waals surface area contributed by atoms with E-state index in [2.05, 4.69) is 81.1 Å². The lowest BCUT2D eigenvalue weighted by Crippen LogP contribution is -2.42. The summed E-state index contributed by atoms with van der Waals surface area (Å²) in [4.78, 5) is 0. The quantitative estimate of drug-likeness (QED) is 0.318. The highest BCUT2D eigenvalue weighted by atomic mass is 16.5. The van der Waals surface area contributed by atoms with Crippen LogP contribution in [0.25, 0.3) is 0 Å². The molecule has 0 aliphatic heterocycles. The second-order valence-electron chi connectivity index (χ2n) is 11.8. The highest BCUT2D eigenvalue weighted by Gasteiger charge is 2.35. The minimum Gasteiger partial charge on any atom is -0.396 e. The van der Waals surface area contributed by atoms with E-state index in [1.165, 1.54) is 0 Å². The Bertz CT molecular complexity index is 568. The van der Waals surface area contributed by atoms with Gasteiger partial charge in [-0.3, -0.25) is 0 Å². The zero-order chi connectivity index (χ0) is 24.5. The molecule has 0 saturated heterocycles. The Hall–Kier alpha value is -0.600. The smallest absolute Gasteiger partial charge is 0.126 e. The van der Waals surface area contributed by atoms with E-state index in [1.807, 2.05) is 13.8 Å². The van der Waals surface area contributed by atoms with Crippen molar-refractivity contribution in [2.45, 2.75) is 137 Å². The summed E-state index contributed by atoms with van der Waals surface area (Å²) in [5, 5.41) is 9.43. The molecule has 0 aliphatic rings. The van der Waals surface area contributed by atoms with E-state index in [4.69, 9.17) is 14.2 Å². The van der Waals surface area contributed by atoms with Gasteiger partial charge in [0.1, 0.15) is 11.2 Å². The highest BCUT2D eigenvalue weighted by molar-refractivity contribution is 5.21. The van der Waals surface area contributed by atoms with Gasteiger partial charge in [0, 0.05) is 13.2 Å². The molecule has 0 bridgehead atoms. The Morgan fingerprint density at radius 3 is 1.39 bits per heavy atom. The molecule has 2 atom stereocenters. The molecule has 2 unspecified atom stereocenters. The van der Waals surface area contributed by atoms with Gasteiger partial charge in [-0.2, -0.15) is 0 Å². The summed E-state index contributed by atoms with van der Waals surface area (Å²) in [6, 6.07) is 0. The maximum atomic E-state index is 9.43. The molecule has 1 N–H and O–H groups in total. The van der Waals surface area contributed by atoms with E-state index < -0.39 is 16.8 Å². The number of ether oxygens (including phenoxy) is 3. The monoisotopic (exact) mass is 440 g/mol. The summed E-state index contributed by atoms with van der Waals surface area (Å²) in [6.07, 6.45) is 3.26. The van der Waals surface area contributed by atoms with Crippen LogP contribution in [0, 0.1) is 23.7 Å². The number of aliphatic hydroxyl groups excluding tert-OH is 1. The maximum Gasteiger partial charge on any atom is 0.126 e.